The summed E-state index contributed by atoms with van der Waals surface area (Å²) in [6.45, 7) is 6.37. The van der Waals surface area contributed by atoms with Crippen molar-refractivity contribution < 1.29 is 4.92 Å². The highest BCUT2D eigenvalue weighted by atomic mass is 16.6. The lowest BCUT2D eigenvalue weighted by atomic mass is 9.94. The molecule has 1 aromatic carbocycles. The van der Waals surface area contributed by atoms with Gasteiger partial charge in [0.05, 0.1) is 10.6 Å². The molecule has 2 atom stereocenters. The fraction of sp³-hybridized carbons (Fsp3) is 0.600. The highest BCUT2D eigenvalue weighted by Crippen LogP contribution is 2.24. The molecule has 0 radical (unpaired) electrons. The molecule has 0 spiro atoms. The van der Waals surface area contributed by atoms with Crippen LogP contribution in [-0.4, -0.2) is 28.6 Å². The molecule has 1 heterocycles. The fourth-order valence-electron chi connectivity index (χ4n) is 2.91. The van der Waals surface area contributed by atoms with E-state index >= 15 is 0 Å². The van der Waals surface area contributed by atoms with Gasteiger partial charge in [-0.25, -0.2) is 0 Å². The van der Waals surface area contributed by atoms with Gasteiger partial charge in [0.1, 0.15) is 0 Å². The number of benzene rings is 1. The summed E-state index contributed by atoms with van der Waals surface area (Å²) >= 11 is 0. The van der Waals surface area contributed by atoms with Gasteiger partial charge in [-0.3, -0.25) is 15.0 Å². The van der Waals surface area contributed by atoms with Crippen molar-refractivity contribution in [2.75, 3.05) is 13.1 Å². The lowest BCUT2D eigenvalue weighted by molar-refractivity contribution is -0.384. The SMILES string of the molecule is CC1CCCN(C(C)(N)Cc2ccc([N+](=O)[O-])cc2)C1. The standard InChI is InChI=1S/C15H23N3O2/c1-12-4-3-9-17(11-12)15(2,16)10-13-5-7-14(8-6-13)18(19)20/h5-8,12H,3-4,9-11,16H2,1-2H3. The maximum atomic E-state index is 10.7. The van der Waals surface area contributed by atoms with Gasteiger partial charge in [-0.15, -0.1) is 0 Å². The number of hydrogen-bond donors (Lipinski definition) is 1. The number of piperidine rings is 1. The zero-order valence-electron chi connectivity index (χ0n) is 12.2. The summed E-state index contributed by atoms with van der Waals surface area (Å²) in [6, 6.07) is 6.70. The van der Waals surface area contributed by atoms with Crippen LogP contribution in [0.25, 0.3) is 0 Å². The van der Waals surface area contributed by atoms with Gasteiger partial charge in [-0.05, 0) is 37.8 Å². The van der Waals surface area contributed by atoms with E-state index in [1.807, 2.05) is 6.92 Å². The molecule has 1 aliphatic rings. The van der Waals surface area contributed by atoms with Crippen LogP contribution in [0.5, 0.6) is 0 Å². The molecule has 5 nitrogen and oxygen atoms in total. The number of nitrogens with zero attached hydrogens (tertiary/aromatic N) is 2. The first kappa shape index (κ1) is 14.9. The summed E-state index contributed by atoms with van der Waals surface area (Å²) in [5.41, 5.74) is 7.24. The molecule has 0 bridgehead atoms. The Balaban J connectivity index is 2.05. The molecule has 5 heteroatoms. The van der Waals surface area contributed by atoms with E-state index in [1.165, 1.54) is 12.8 Å². The van der Waals surface area contributed by atoms with Crippen molar-refractivity contribution in [2.45, 2.75) is 38.8 Å². The molecule has 0 saturated carbocycles. The molecule has 20 heavy (non-hydrogen) atoms. The Morgan fingerprint density at radius 3 is 2.65 bits per heavy atom. The van der Waals surface area contributed by atoms with Crippen molar-refractivity contribution in [3.8, 4) is 0 Å². The minimum atomic E-state index is -0.398. The van der Waals surface area contributed by atoms with Gasteiger partial charge in [-0.2, -0.15) is 0 Å². The third-order valence-corrected chi connectivity index (χ3v) is 4.09. The molecule has 0 amide bonds. The first-order valence-electron chi connectivity index (χ1n) is 7.16. The van der Waals surface area contributed by atoms with Crippen LogP contribution in [0.3, 0.4) is 0 Å². The van der Waals surface area contributed by atoms with E-state index in [4.69, 9.17) is 5.73 Å². The summed E-state index contributed by atoms with van der Waals surface area (Å²) < 4.78 is 0. The average Bonchev–Trinajstić information content (AvgIpc) is 2.39. The number of hydrogen-bond acceptors (Lipinski definition) is 4. The van der Waals surface area contributed by atoms with Gasteiger partial charge in [0.15, 0.2) is 0 Å². The molecule has 1 fully saturated rings. The van der Waals surface area contributed by atoms with Crippen LogP contribution in [-0.2, 0) is 6.42 Å². The van der Waals surface area contributed by atoms with Crippen LogP contribution in [0.1, 0.15) is 32.3 Å². The van der Waals surface area contributed by atoms with Crippen LogP contribution in [0.15, 0.2) is 24.3 Å². The van der Waals surface area contributed by atoms with Crippen molar-refractivity contribution in [1.82, 2.24) is 4.90 Å². The van der Waals surface area contributed by atoms with Crippen LogP contribution in [0.4, 0.5) is 5.69 Å². The predicted octanol–water partition coefficient (Wildman–Crippen LogP) is 2.54. The normalized spacial score (nSPS) is 23.2. The number of nitrogens with two attached hydrogens (primary N) is 1. The zero-order valence-corrected chi connectivity index (χ0v) is 12.2. The number of non-ortho nitro benzene ring substituents is 1. The monoisotopic (exact) mass is 277 g/mol. The molecule has 2 rings (SSSR count). The Hall–Kier alpha value is -1.46. The topological polar surface area (TPSA) is 72.4 Å². The highest BCUT2D eigenvalue weighted by Gasteiger charge is 2.30. The van der Waals surface area contributed by atoms with Crippen LogP contribution < -0.4 is 5.73 Å². The number of likely N-dealkylation sites (tertiary alicyclic amines) is 1. The second-order valence-corrected chi connectivity index (χ2v) is 6.15. The fourth-order valence-corrected chi connectivity index (χ4v) is 2.91. The minimum Gasteiger partial charge on any atom is -0.313 e. The Kier molecular flexibility index (Phi) is 4.40. The number of nitro benzene ring substituents is 1. The van der Waals surface area contributed by atoms with Crippen molar-refractivity contribution in [3.63, 3.8) is 0 Å². The number of nitro groups is 1. The van der Waals surface area contributed by atoms with E-state index in [0.29, 0.717) is 12.3 Å². The van der Waals surface area contributed by atoms with Crippen LogP contribution >= 0.6 is 0 Å². The van der Waals surface area contributed by atoms with E-state index in [2.05, 4.69) is 11.8 Å². The van der Waals surface area contributed by atoms with Crippen LogP contribution in [0, 0.1) is 16.0 Å². The van der Waals surface area contributed by atoms with E-state index in [9.17, 15) is 10.1 Å². The quantitative estimate of drug-likeness (QED) is 0.678. The van der Waals surface area contributed by atoms with E-state index in [1.54, 1.807) is 24.3 Å². The predicted molar refractivity (Wildman–Crippen MR) is 79.4 cm³/mol. The van der Waals surface area contributed by atoms with E-state index < -0.39 is 5.66 Å². The lowest BCUT2D eigenvalue weighted by Crippen LogP contribution is -2.58. The van der Waals surface area contributed by atoms with Crippen molar-refractivity contribution >= 4 is 5.69 Å². The maximum Gasteiger partial charge on any atom is 0.269 e. The van der Waals surface area contributed by atoms with E-state index in [-0.39, 0.29) is 10.6 Å². The Morgan fingerprint density at radius 2 is 2.10 bits per heavy atom. The minimum absolute atomic E-state index is 0.124. The Bertz CT molecular complexity index is 471. The first-order chi connectivity index (χ1) is 9.38. The molecule has 1 aliphatic heterocycles. The molecule has 1 saturated heterocycles. The maximum absolute atomic E-state index is 10.7. The second kappa shape index (κ2) is 5.89. The van der Waals surface area contributed by atoms with Crippen LogP contribution in [0.2, 0.25) is 0 Å². The van der Waals surface area contributed by atoms with Gasteiger partial charge >= 0.3 is 0 Å². The van der Waals surface area contributed by atoms with Crippen molar-refractivity contribution in [1.29, 1.82) is 0 Å². The van der Waals surface area contributed by atoms with Gasteiger partial charge < -0.3 is 5.73 Å². The molecule has 2 unspecified atom stereocenters. The third kappa shape index (κ3) is 3.55. The molecular formula is C15H23N3O2. The summed E-state index contributed by atoms with van der Waals surface area (Å²) in [5, 5.41) is 10.7. The van der Waals surface area contributed by atoms with Crippen molar-refractivity contribution in [2.24, 2.45) is 11.7 Å². The average molecular weight is 277 g/mol. The van der Waals surface area contributed by atoms with E-state index in [0.717, 1.165) is 18.7 Å². The molecular weight excluding hydrogens is 254 g/mol. The second-order valence-electron chi connectivity index (χ2n) is 6.15. The van der Waals surface area contributed by atoms with Gasteiger partial charge in [-0.1, -0.05) is 19.1 Å². The zero-order chi connectivity index (χ0) is 14.8. The molecule has 0 aromatic heterocycles. The third-order valence-electron chi connectivity index (χ3n) is 4.09. The Labute approximate surface area is 119 Å². The summed E-state index contributed by atoms with van der Waals surface area (Å²) in [7, 11) is 0. The van der Waals surface area contributed by atoms with Gasteiger partial charge in [0.2, 0.25) is 0 Å². The number of rotatable bonds is 4. The largest absolute Gasteiger partial charge is 0.313 e. The smallest absolute Gasteiger partial charge is 0.269 e. The molecule has 2 N–H and O–H groups in total. The highest BCUT2D eigenvalue weighted by molar-refractivity contribution is 5.33. The lowest BCUT2D eigenvalue weighted by Gasteiger charge is -2.42. The molecule has 110 valence electrons. The Morgan fingerprint density at radius 1 is 1.45 bits per heavy atom. The summed E-state index contributed by atoms with van der Waals surface area (Å²) in [4.78, 5) is 12.6. The van der Waals surface area contributed by atoms with Gasteiger partial charge in [0, 0.05) is 25.1 Å². The van der Waals surface area contributed by atoms with Crippen molar-refractivity contribution in [3.05, 3.63) is 39.9 Å². The molecule has 1 aromatic rings. The first-order valence-corrected chi connectivity index (χ1v) is 7.16. The summed E-state index contributed by atoms with van der Waals surface area (Å²) in [5.74, 6) is 0.684. The van der Waals surface area contributed by atoms with Gasteiger partial charge in [0.25, 0.3) is 5.69 Å². The molecule has 0 aliphatic carbocycles. The summed E-state index contributed by atoms with van der Waals surface area (Å²) in [6.07, 6.45) is 3.16.